The predicted molar refractivity (Wildman–Crippen MR) is 86.6 cm³/mol. The lowest BCUT2D eigenvalue weighted by Crippen LogP contribution is -2.66. The molecule has 1 aliphatic heterocycles. The van der Waals surface area contributed by atoms with E-state index in [2.05, 4.69) is 10.6 Å². The van der Waals surface area contributed by atoms with E-state index in [1.54, 1.807) is 41.5 Å². The molecule has 1 fully saturated rings. The van der Waals surface area contributed by atoms with E-state index < -0.39 is 40.8 Å². The maximum atomic E-state index is 12.4. The minimum atomic E-state index is -1.88. The van der Waals surface area contributed by atoms with Crippen LogP contribution in [0.2, 0.25) is 0 Å². The standard InChI is InChI=1S/C16H28N2O6/c1-14(2,3)23-12(21)16(11(19)20)9-10(7-8-17-16)18-13(22)24-15(4,5)6/h10,17H,7-9H2,1-6H3,(H,18,22)(H,19,20)/t10-,16-/m1/s1. The molecule has 1 rings (SSSR count). The molecule has 0 saturated carbocycles. The Labute approximate surface area is 142 Å². The third-order valence-electron chi connectivity index (χ3n) is 3.31. The third kappa shape index (κ3) is 5.67. The Bertz CT molecular complexity index is 506. The van der Waals surface area contributed by atoms with Crippen LogP contribution in [0, 0.1) is 0 Å². The maximum Gasteiger partial charge on any atom is 0.407 e. The molecule has 0 aliphatic carbocycles. The normalized spacial score (nSPS) is 24.8. The number of piperidine rings is 1. The van der Waals surface area contributed by atoms with Crippen LogP contribution in [0.3, 0.4) is 0 Å². The summed E-state index contributed by atoms with van der Waals surface area (Å²) in [5, 5.41) is 15.0. The molecule has 138 valence electrons. The van der Waals surface area contributed by atoms with Crippen molar-refractivity contribution in [1.29, 1.82) is 0 Å². The topological polar surface area (TPSA) is 114 Å². The highest BCUT2D eigenvalue weighted by Crippen LogP contribution is 2.25. The van der Waals surface area contributed by atoms with Crippen LogP contribution >= 0.6 is 0 Å². The number of esters is 1. The van der Waals surface area contributed by atoms with Gasteiger partial charge in [0.2, 0.25) is 5.54 Å². The van der Waals surface area contributed by atoms with Gasteiger partial charge in [0, 0.05) is 12.5 Å². The van der Waals surface area contributed by atoms with Gasteiger partial charge >= 0.3 is 18.0 Å². The number of carboxylic acid groups (broad SMARTS) is 1. The van der Waals surface area contributed by atoms with Gasteiger partial charge in [-0.1, -0.05) is 0 Å². The number of hydrogen-bond acceptors (Lipinski definition) is 6. The summed E-state index contributed by atoms with van der Waals surface area (Å²) in [7, 11) is 0. The molecule has 3 N–H and O–H groups in total. The number of aliphatic carboxylic acids is 1. The van der Waals surface area contributed by atoms with Gasteiger partial charge in [0.25, 0.3) is 0 Å². The fourth-order valence-electron chi connectivity index (χ4n) is 2.37. The second-order valence-electron chi connectivity index (χ2n) is 7.98. The molecule has 0 aromatic rings. The van der Waals surface area contributed by atoms with Crippen LogP contribution in [0.5, 0.6) is 0 Å². The molecule has 1 amide bonds. The maximum absolute atomic E-state index is 12.4. The molecule has 8 heteroatoms. The average molecular weight is 344 g/mol. The zero-order valence-corrected chi connectivity index (χ0v) is 15.2. The second kappa shape index (κ2) is 6.96. The van der Waals surface area contributed by atoms with Gasteiger partial charge in [0.1, 0.15) is 11.2 Å². The van der Waals surface area contributed by atoms with Crippen molar-refractivity contribution in [2.75, 3.05) is 6.54 Å². The number of ether oxygens (including phenoxy) is 2. The van der Waals surface area contributed by atoms with Gasteiger partial charge in [-0.05, 0) is 54.5 Å². The van der Waals surface area contributed by atoms with Crippen LogP contribution in [-0.2, 0) is 19.1 Å². The van der Waals surface area contributed by atoms with E-state index in [0.717, 1.165) is 0 Å². The minimum absolute atomic E-state index is 0.115. The first kappa shape index (κ1) is 20.2. The Hall–Kier alpha value is -1.83. The fraction of sp³-hybridized carbons (Fsp3) is 0.812. The highest BCUT2D eigenvalue weighted by Gasteiger charge is 2.52. The SMILES string of the molecule is CC(C)(C)OC(=O)N[C@@H]1CCN[C@](C(=O)O)(C(=O)OC(C)(C)C)C1. The fourth-order valence-corrected chi connectivity index (χ4v) is 2.37. The number of nitrogens with one attached hydrogen (secondary N) is 2. The van der Waals surface area contributed by atoms with Gasteiger partial charge in [0.15, 0.2) is 0 Å². The van der Waals surface area contributed by atoms with E-state index >= 15 is 0 Å². The van der Waals surface area contributed by atoms with Crippen molar-refractivity contribution in [3.63, 3.8) is 0 Å². The van der Waals surface area contributed by atoms with Crippen molar-refractivity contribution in [2.24, 2.45) is 0 Å². The number of carbonyl (C=O) groups is 3. The van der Waals surface area contributed by atoms with Crippen LogP contribution in [0.25, 0.3) is 0 Å². The number of rotatable bonds is 3. The number of carbonyl (C=O) groups excluding carboxylic acids is 2. The molecule has 0 aromatic heterocycles. The van der Waals surface area contributed by atoms with Crippen molar-refractivity contribution in [3.8, 4) is 0 Å². The molecule has 24 heavy (non-hydrogen) atoms. The summed E-state index contributed by atoms with van der Waals surface area (Å²) in [5.74, 6) is -2.19. The Kier molecular flexibility index (Phi) is 5.86. The lowest BCUT2D eigenvalue weighted by Gasteiger charge is -2.38. The van der Waals surface area contributed by atoms with E-state index in [0.29, 0.717) is 6.42 Å². The molecule has 0 bridgehead atoms. The van der Waals surface area contributed by atoms with E-state index in [1.807, 2.05) is 0 Å². The monoisotopic (exact) mass is 344 g/mol. The molecule has 1 saturated heterocycles. The quantitative estimate of drug-likeness (QED) is 0.524. The molecule has 1 aliphatic rings. The lowest BCUT2D eigenvalue weighted by molar-refractivity contribution is -0.173. The first-order valence-electron chi connectivity index (χ1n) is 7.96. The van der Waals surface area contributed by atoms with Gasteiger partial charge in [-0.25, -0.2) is 14.4 Å². The average Bonchev–Trinajstić information content (AvgIpc) is 2.33. The van der Waals surface area contributed by atoms with Crippen molar-refractivity contribution < 1.29 is 29.0 Å². The summed E-state index contributed by atoms with van der Waals surface area (Å²) in [6.45, 7) is 10.5. The summed E-state index contributed by atoms with van der Waals surface area (Å²) in [6.07, 6.45) is -0.272. The van der Waals surface area contributed by atoms with E-state index in [4.69, 9.17) is 9.47 Å². The minimum Gasteiger partial charge on any atom is -0.479 e. The van der Waals surface area contributed by atoms with Gasteiger partial charge in [-0.3, -0.25) is 5.32 Å². The molecule has 0 spiro atoms. The van der Waals surface area contributed by atoms with E-state index in [9.17, 15) is 19.5 Å². The first-order chi connectivity index (χ1) is 10.8. The first-order valence-corrected chi connectivity index (χ1v) is 7.96. The summed E-state index contributed by atoms with van der Waals surface area (Å²) >= 11 is 0. The number of alkyl carbamates (subject to hydrolysis) is 1. The molecular weight excluding hydrogens is 316 g/mol. The molecule has 0 unspecified atom stereocenters. The van der Waals surface area contributed by atoms with Crippen LogP contribution in [0.4, 0.5) is 4.79 Å². The zero-order valence-electron chi connectivity index (χ0n) is 15.2. The predicted octanol–water partition coefficient (Wildman–Crippen LogP) is 1.43. The number of hydrogen-bond donors (Lipinski definition) is 3. The van der Waals surface area contributed by atoms with Crippen molar-refractivity contribution in [3.05, 3.63) is 0 Å². The van der Waals surface area contributed by atoms with Gasteiger partial charge < -0.3 is 19.9 Å². The van der Waals surface area contributed by atoms with Crippen LogP contribution in [0.1, 0.15) is 54.4 Å². The summed E-state index contributed by atoms with van der Waals surface area (Å²) in [5.41, 5.74) is -3.36. The van der Waals surface area contributed by atoms with Crippen molar-refractivity contribution in [2.45, 2.75) is 77.2 Å². The Morgan fingerprint density at radius 2 is 1.62 bits per heavy atom. The summed E-state index contributed by atoms with van der Waals surface area (Å²) < 4.78 is 10.4. The zero-order chi connectivity index (χ0) is 18.8. The van der Waals surface area contributed by atoms with E-state index in [1.165, 1.54) is 0 Å². The molecule has 1 heterocycles. The Morgan fingerprint density at radius 3 is 2.08 bits per heavy atom. The number of carboxylic acids is 1. The lowest BCUT2D eigenvalue weighted by atomic mass is 9.85. The molecule has 2 atom stereocenters. The van der Waals surface area contributed by atoms with E-state index in [-0.39, 0.29) is 13.0 Å². The Morgan fingerprint density at radius 1 is 1.08 bits per heavy atom. The molecule has 8 nitrogen and oxygen atoms in total. The molecule has 0 aromatic carbocycles. The highest BCUT2D eigenvalue weighted by atomic mass is 16.6. The third-order valence-corrected chi connectivity index (χ3v) is 3.31. The van der Waals surface area contributed by atoms with Crippen LogP contribution in [-0.4, -0.2) is 52.5 Å². The summed E-state index contributed by atoms with van der Waals surface area (Å²) in [4.78, 5) is 36.1. The van der Waals surface area contributed by atoms with Crippen LogP contribution in [0.15, 0.2) is 0 Å². The van der Waals surface area contributed by atoms with Gasteiger partial charge in [-0.15, -0.1) is 0 Å². The number of amides is 1. The van der Waals surface area contributed by atoms with Crippen molar-refractivity contribution in [1.82, 2.24) is 10.6 Å². The smallest absolute Gasteiger partial charge is 0.407 e. The largest absolute Gasteiger partial charge is 0.479 e. The molecule has 0 radical (unpaired) electrons. The summed E-state index contributed by atoms with van der Waals surface area (Å²) in [6, 6.07) is -0.510. The van der Waals surface area contributed by atoms with Gasteiger partial charge in [-0.2, -0.15) is 0 Å². The van der Waals surface area contributed by atoms with Crippen molar-refractivity contribution >= 4 is 18.0 Å². The highest BCUT2D eigenvalue weighted by molar-refractivity contribution is 6.04. The second-order valence-corrected chi connectivity index (χ2v) is 7.98. The van der Waals surface area contributed by atoms with Gasteiger partial charge in [0.05, 0.1) is 0 Å². The molecular formula is C16H28N2O6. The Balaban J connectivity index is 2.87. The van der Waals surface area contributed by atoms with Crippen LogP contribution < -0.4 is 10.6 Å².